The summed E-state index contributed by atoms with van der Waals surface area (Å²) >= 11 is 0. The van der Waals surface area contributed by atoms with Gasteiger partial charge in [0.2, 0.25) is 0 Å². The summed E-state index contributed by atoms with van der Waals surface area (Å²) in [6, 6.07) is 0. The highest BCUT2D eigenvalue weighted by molar-refractivity contribution is 5.64. The molecule has 1 fully saturated rings. The van der Waals surface area contributed by atoms with E-state index in [-0.39, 0.29) is 0 Å². The molecule has 1 aliphatic carbocycles. The molecule has 1 aromatic heterocycles. The van der Waals surface area contributed by atoms with Crippen LogP contribution in [0.5, 0.6) is 0 Å². The SMILES string of the molecule is Cc1noc(C2CC2)c1C1=CCCCO1. The lowest BCUT2D eigenvalue weighted by Crippen LogP contribution is -2.02. The molecule has 0 radical (unpaired) electrons. The van der Waals surface area contributed by atoms with Crippen molar-refractivity contribution in [2.75, 3.05) is 6.61 Å². The number of hydrogen-bond acceptors (Lipinski definition) is 3. The summed E-state index contributed by atoms with van der Waals surface area (Å²) in [5.74, 6) is 2.62. The maximum absolute atomic E-state index is 5.68. The van der Waals surface area contributed by atoms with Crippen LogP contribution in [0.25, 0.3) is 5.76 Å². The summed E-state index contributed by atoms with van der Waals surface area (Å²) in [4.78, 5) is 0. The van der Waals surface area contributed by atoms with E-state index < -0.39 is 0 Å². The van der Waals surface area contributed by atoms with Crippen LogP contribution in [-0.4, -0.2) is 11.8 Å². The summed E-state index contributed by atoms with van der Waals surface area (Å²) in [6.45, 7) is 2.81. The van der Waals surface area contributed by atoms with Crippen molar-refractivity contribution in [2.24, 2.45) is 0 Å². The van der Waals surface area contributed by atoms with Gasteiger partial charge in [-0.05, 0) is 38.7 Å². The van der Waals surface area contributed by atoms with Crippen LogP contribution in [0.15, 0.2) is 10.6 Å². The minimum absolute atomic E-state index is 0.590. The average molecular weight is 205 g/mol. The third kappa shape index (κ3) is 1.56. The van der Waals surface area contributed by atoms with Gasteiger partial charge in [0, 0.05) is 5.92 Å². The van der Waals surface area contributed by atoms with Crippen molar-refractivity contribution < 1.29 is 9.26 Å². The molecule has 3 rings (SSSR count). The van der Waals surface area contributed by atoms with E-state index in [0.717, 1.165) is 42.2 Å². The van der Waals surface area contributed by atoms with E-state index >= 15 is 0 Å². The minimum atomic E-state index is 0.590. The van der Waals surface area contributed by atoms with Gasteiger partial charge in [-0.25, -0.2) is 0 Å². The van der Waals surface area contributed by atoms with E-state index in [1.54, 1.807) is 0 Å². The number of allylic oxidation sites excluding steroid dienone is 1. The zero-order chi connectivity index (χ0) is 10.3. The Kier molecular flexibility index (Phi) is 2.04. The molecule has 0 N–H and O–H groups in total. The molecule has 0 atom stereocenters. The van der Waals surface area contributed by atoms with E-state index in [9.17, 15) is 0 Å². The van der Waals surface area contributed by atoms with Crippen LogP contribution in [0.2, 0.25) is 0 Å². The van der Waals surface area contributed by atoms with Gasteiger partial charge < -0.3 is 9.26 Å². The molecule has 3 nitrogen and oxygen atoms in total. The monoisotopic (exact) mass is 205 g/mol. The third-order valence-electron chi connectivity index (χ3n) is 3.02. The Bertz CT molecular complexity index is 402. The molecular weight excluding hydrogens is 190 g/mol. The summed E-state index contributed by atoms with van der Waals surface area (Å²) in [6.07, 6.45) is 6.84. The van der Waals surface area contributed by atoms with Crippen molar-refractivity contribution in [3.05, 3.63) is 23.1 Å². The normalized spacial score (nSPS) is 21.0. The molecule has 0 amide bonds. The molecule has 1 saturated carbocycles. The van der Waals surface area contributed by atoms with E-state index in [0.29, 0.717) is 5.92 Å². The second-order valence-electron chi connectivity index (χ2n) is 4.34. The predicted molar refractivity (Wildman–Crippen MR) is 56.4 cm³/mol. The maximum Gasteiger partial charge on any atom is 0.151 e. The lowest BCUT2D eigenvalue weighted by Gasteiger charge is -2.14. The number of nitrogens with zero attached hydrogens (tertiary/aromatic N) is 1. The Hall–Kier alpha value is -1.25. The maximum atomic E-state index is 5.68. The Morgan fingerprint density at radius 1 is 1.40 bits per heavy atom. The van der Waals surface area contributed by atoms with Gasteiger partial charge in [0.05, 0.1) is 17.9 Å². The van der Waals surface area contributed by atoms with Crippen molar-refractivity contribution in [1.82, 2.24) is 5.16 Å². The Morgan fingerprint density at radius 2 is 2.27 bits per heavy atom. The van der Waals surface area contributed by atoms with Crippen LogP contribution in [0.4, 0.5) is 0 Å². The molecule has 2 heterocycles. The topological polar surface area (TPSA) is 35.3 Å². The van der Waals surface area contributed by atoms with Crippen molar-refractivity contribution in [1.29, 1.82) is 0 Å². The highest BCUT2D eigenvalue weighted by Crippen LogP contribution is 2.44. The Labute approximate surface area is 89.1 Å². The fourth-order valence-electron chi connectivity index (χ4n) is 2.04. The smallest absolute Gasteiger partial charge is 0.151 e. The van der Waals surface area contributed by atoms with Crippen LogP contribution in [0, 0.1) is 6.92 Å². The van der Waals surface area contributed by atoms with Crippen LogP contribution in [0.3, 0.4) is 0 Å². The van der Waals surface area contributed by atoms with Crippen molar-refractivity contribution >= 4 is 5.76 Å². The minimum Gasteiger partial charge on any atom is -0.493 e. The molecular formula is C12H15NO2. The summed E-state index contributed by atoms with van der Waals surface area (Å²) < 4.78 is 11.1. The van der Waals surface area contributed by atoms with Gasteiger partial charge >= 0.3 is 0 Å². The summed E-state index contributed by atoms with van der Waals surface area (Å²) in [5, 5.41) is 4.06. The Balaban J connectivity index is 2.01. The van der Waals surface area contributed by atoms with Crippen molar-refractivity contribution in [3.8, 4) is 0 Å². The number of hydrogen-bond donors (Lipinski definition) is 0. The first kappa shape index (κ1) is 9.01. The van der Waals surface area contributed by atoms with E-state index in [1.165, 1.54) is 12.8 Å². The molecule has 0 saturated heterocycles. The molecule has 1 aliphatic heterocycles. The molecule has 0 aromatic carbocycles. The highest BCUT2D eigenvalue weighted by Gasteiger charge is 2.33. The number of rotatable bonds is 2. The quantitative estimate of drug-likeness (QED) is 0.744. The van der Waals surface area contributed by atoms with Gasteiger partial charge in [-0.2, -0.15) is 0 Å². The first-order chi connectivity index (χ1) is 7.36. The van der Waals surface area contributed by atoms with Gasteiger partial charge in [0.15, 0.2) is 5.76 Å². The zero-order valence-corrected chi connectivity index (χ0v) is 8.95. The molecule has 0 unspecified atom stereocenters. The number of aryl methyl sites for hydroxylation is 1. The number of aromatic nitrogens is 1. The van der Waals surface area contributed by atoms with Gasteiger partial charge in [0.25, 0.3) is 0 Å². The second kappa shape index (κ2) is 3.40. The van der Waals surface area contributed by atoms with Crippen LogP contribution in [-0.2, 0) is 4.74 Å². The molecule has 2 aliphatic rings. The number of ether oxygens (including phenoxy) is 1. The standard InChI is InChI=1S/C12H15NO2/c1-8-11(10-4-2-3-7-14-10)12(15-13-8)9-5-6-9/h4,9H,2-3,5-7H2,1H3. The van der Waals surface area contributed by atoms with Crippen LogP contribution >= 0.6 is 0 Å². The predicted octanol–water partition coefficient (Wildman–Crippen LogP) is 3.01. The highest BCUT2D eigenvalue weighted by atomic mass is 16.5. The van der Waals surface area contributed by atoms with E-state index in [1.807, 2.05) is 6.92 Å². The average Bonchev–Trinajstić information content (AvgIpc) is 3.04. The van der Waals surface area contributed by atoms with Gasteiger partial charge in [0.1, 0.15) is 5.76 Å². The molecule has 80 valence electrons. The lowest BCUT2D eigenvalue weighted by molar-refractivity contribution is 0.257. The van der Waals surface area contributed by atoms with Gasteiger partial charge in [-0.3, -0.25) is 0 Å². The van der Waals surface area contributed by atoms with E-state index in [4.69, 9.17) is 9.26 Å². The van der Waals surface area contributed by atoms with Gasteiger partial charge in [-0.15, -0.1) is 0 Å². The molecule has 1 aromatic rings. The first-order valence-electron chi connectivity index (χ1n) is 5.66. The molecule has 0 bridgehead atoms. The third-order valence-corrected chi connectivity index (χ3v) is 3.02. The molecule has 15 heavy (non-hydrogen) atoms. The second-order valence-corrected chi connectivity index (χ2v) is 4.34. The van der Waals surface area contributed by atoms with Crippen molar-refractivity contribution in [3.63, 3.8) is 0 Å². The van der Waals surface area contributed by atoms with Gasteiger partial charge in [-0.1, -0.05) is 5.16 Å². The lowest BCUT2D eigenvalue weighted by atomic mass is 10.1. The van der Waals surface area contributed by atoms with Crippen LogP contribution in [0.1, 0.15) is 48.6 Å². The molecule has 0 spiro atoms. The fourth-order valence-corrected chi connectivity index (χ4v) is 2.04. The largest absolute Gasteiger partial charge is 0.493 e. The zero-order valence-electron chi connectivity index (χ0n) is 8.95. The summed E-state index contributed by atoms with van der Waals surface area (Å²) in [5.41, 5.74) is 2.09. The van der Waals surface area contributed by atoms with Crippen LogP contribution < -0.4 is 0 Å². The summed E-state index contributed by atoms with van der Waals surface area (Å²) in [7, 11) is 0. The van der Waals surface area contributed by atoms with E-state index in [2.05, 4.69) is 11.2 Å². The van der Waals surface area contributed by atoms with Crippen molar-refractivity contribution in [2.45, 2.75) is 38.5 Å². The molecule has 3 heteroatoms. The fraction of sp³-hybridized carbons (Fsp3) is 0.583. The Morgan fingerprint density at radius 3 is 2.93 bits per heavy atom. The first-order valence-corrected chi connectivity index (χ1v) is 5.66.